The number of hydrogen-bond donors (Lipinski definition) is 2. The number of rotatable bonds is 6. The molecule has 2 N–H and O–H groups in total. The third-order valence-corrected chi connectivity index (χ3v) is 4.85. The number of ether oxygens (including phenoxy) is 2. The van der Waals surface area contributed by atoms with E-state index in [1.54, 1.807) is 18.4 Å². The summed E-state index contributed by atoms with van der Waals surface area (Å²) in [4.78, 5) is 4.29. The molecule has 0 saturated carbocycles. The van der Waals surface area contributed by atoms with Gasteiger partial charge < -0.3 is 20.1 Å². The first-order chi connectivity index (χ1) is 12.2. The SMILES string of the molecule is CN=C(NCc1ccsc1)NCc1ccc(C)cc1OC1CCOC1.I. The van der Waals surface area contributed by atoms with Crippen molar-refractivity contribution in [3.63, 3.8) is 0 Å². The lowest BCUT2D eigenvalue weighted by molar-refractivity contribution is 0.140. The summed E-state index contributed by atoms with van der Waals surface area (Å²) in [7, 11) is 1.78. The molecule has 0 aliphatic carbocycles. The molecule has 3 rings (SSSR count). The van der Waals surface area contributed by atoms with Crippen molar-refractivity contribution in [1.29, 1.82) is 0 Å². The Labute approximate surface area is 176 Å². The lowest BCUT2D eigenvalue weighted by atomic mass is 10.1. The minimum atomic E-state index is 0. The summed E-state index contributed by atoms with van der Waals surface area (Å²) in [6, 6.07) is 8.42. The largest absolute Gasteiger partial charge is 0.488 e. The molecule has 1 aromatic carbocycles. The summed E-state index contributed by atoms with van der Waals surface area (Å²) in [5, 5.41) is 10.9. The van der Waals surface area contributed by atoms with Gasteiger partial charge in [0.05, 0.1) is 13.2 Å². The van der Waals surface area contributed by atoms with Crippen LogP contribution >= 0.6 is 35.3 Å². The van der Waals surface area contributed by atoms with E-state index in [2.05, 4.69) is 57.6 Å². The molecule has 2 aromatic rings. The molecule has 5 nitrogen and oxygen atoms in total. The number of guanidine groups is 1. The second-order valence-corrected chi connectivity index (χ2v) is 6.91. The van der Waals surface area contributed by atoms with E-state index in [0.717, 1.165) is 36.8 Å². The van der Waals surface area contributed by atoms with E-state index in [9.17, 15) is 0 Å². The number of nitrogens with one attached hydrogen (secondary N) is 2. The fourth-order valence-corrected chi connectivity index (χ4v) is 3.35. The van der Waals surface area contributed by atoms with Crippen molar-refractivity contribution in [2.75, 3.05) is 20.3 Å². The van der Waals surface area contributed by atoms with Crippen molar-refractivity contribution in [3.05, 3.63) is 51.7 Å². The van der Waals surface area contributed by atoms with Crippen LogP contribution in [0.5, 0.6) is 5.75 Å². The average Bonchev–Trinajstić information content (AvgIpc) is 3.30. The number of aliphatic imine (C=N–C) groups is 1. The van der Waals surface area contributed by atoms with Gasteiger partial charge in [-0.25, -0.2) is 0 Å². The van der Waals surface area contributed by atoms with Gasteiger partial charge in [-0.3, -0.25) is 4.99 Å². The van der Waals surface area contributed by atoms with Crippen LogP contribution in [0, 0.1) is 6.92 Å². The van der Waals surface area contributed by atoms with E-state index in [4.69, 9.17) is 9.47 Å². The van der Waals surface area contributed by atoms with Gasteiger partial charge in [-0.05, 0) is 40.9 Å². The highest BCUT2D eigenvalue weighted by Crippen LogP contribution is 2.23. The molecule has 7 heteroatoms. The smallest absolute Gasteiger partial charge is 0.191 e. The summed E-state index contributed by atoms with van der Waals surface area (Å²) in [6.07, 6.45) is 1.10. The first-order valence-electron chi connectivity index (χ1n) is 8.54. The Balaban J connectivity index is 0.00000243. The van der Waals surface area contributed by atoms with E-state index >= 15 is 0 Å². The molecule has 1 atom stereocenters. The van der Waals surface area contributed by atoms with Gasteiger partial charge in [0, 0.05) is 32.1 Å². The molecule has 2 heterocycles. The van der Waals surface area contributed by atoms with Crippen molar-refractivity contribution in [2.24, 2.45) is 4.99 Å². The van der Waals surface area contributed by atoms with Crippen molar-refractivity contribution in [1.82, 2.24) is 10.6 Å². The number of nitrogens with zero attached hydrogens (tertiary/aromatic N) is 1. The first kappa shape index (κ1) is 21.0. The molecule has 0 radical (unpaired) electrons. The van der Waals surface area contributed by atoms with Crippen molar-refractivity contribution in [2.45, 2.75) is 32.5 Å². The second-order valence-electron chi connectivity index (χ2n) is 6.13. The molecule has 0 amide bonds. The van der Waals surface area contributed by atoms with E-state index < -0.39 is 0 Å². The minimum Gasteiger partial charge on any atom is -0.488 e. The molecular weight excluding hydrogens is 461 g/mol. The molecule has 1 fully saturated rings. The zero-order chi connectivity index (χ0) is 17.5. The quantitative estimate of drug-likeness (QED) is 0.371. The topological polar surface area (TPSA) is 54.9 Å². The van der Waals surface area contributed by atoms with Crippen LogP contribution in [-0.2, 0) is 17.8 Å². The number of hydrogen-bond acceptors (Lipinski definition) is 4. The maximum Gasteiger partial charge on any atom is 0.191 e. The summed E-state index contributed by atoms with van der Waals surface area (Å²) in [5.41, 5.74) is 3.57. The predicted octanol–water partition coefficient (Wildman–Crippen LogP) is 3.71. The van der Waals surface area contributed by atoms with Crippen molar-refractivity contribution < 1.29 is 9.47 Å². The van der Waals surface area contributed by atoms with Gasteiger partial charge in [-0.15, -0.1) is 24.0 Å². The number of halogens is 1. The lowest BCUT2D eigenvalue weighted by Gasteiger charge is -2.18. The molecule has 1 aliphatic rings. The summed E-state index contributed by atoms with van der Waals surface area (Å²) < 4.78 is 11.6. The number of thiophene rings is 1. The van der Waals surface area contributed by atoms with Gasteiger partial charge in [-0.2, -0.15) is 11.3 Å². The summed E-state index contributed by atoms with van der Waals surface area (Å²) in [5.74, 6) is 1.71. The van der Waals surface area contributed by atoms with Gasteiger partial charge in [0.2, 0.25) is 0 Å². The fraction of sp³-hybridized carbons (Fsp3) is 0.421. The van der Waals surface area contributed by atoms with E-state index in [0.29, 0.717) is 13.2 Å². The highest BCUT2D eigenvalue weighted by molar-refractivity contribution is 14.0. The molecule has 142 valence electrons. The zero-order valence-electron chi connectivity index (χ0n) is 15.2. The van der Waals surface area contributed by atoms with Crippen LogP contribution < -0.4 is 15.4 Å². The molecule has 1 unspecified atom stereocenters. The molecule has 0 spiro atoms. The second kappa shape index (κ2) is 10.7. The van der Waals surface area contributed by atoms with Crippen LogP contribution in [0.3, 0.4) is 0 Å². The van der Waals surface area contributed by atoms with Crippen LogP contribution in [-0.4, -0.2) is 32.3 Å². The fourth-order valence-electron chi connectivity index (χ4n) is 2.68. The van der Waals surface area contributed by atoms with Gasteiger partial charge >= 0.3 is 0 Å². The van der Waals surface area contributed by atoms with Gasteiger partial charge in [-0.1, -0.05) is 12.1 Å². The van der Waals surface area contributed by atoms with Gasteiger partial charge in [0.25, 0.3) is 0 Å². The van der Waals surface area contributed by atoms with E-state index in [-0.39, 0.29) is 30.1 Å². The molecule has 1 saturated heterocycles. The normalized spacial score (nSPS) is 16.8. The standard InChI is InChI=1S/C19H25N3O2S.HI/c1-14-3-4-16(18(9-14)24-17-5-7-23-12-17)11-22-19(20-2)21-10-15-6-8-25-13-15;/h3-4,6,8-9,13,17H,5,7,10-12H2,1-2H3,(H2,20,21,22);1H. The Morgan fingerprint density at radius 3 is 2.85 bits per heavy atom. The maximum absolute atomic E-state index is 6.15. The van der Waals surface area contributed by atoms with E-state index in [1.165, 1.54) is 11.1 Å². The Hall–Kier alpha value is -1.32. The monoisotopic (exact) mass is 487 g/mol. The summed E-state index contributed by atoms with van der Waals surface area (Å²) >= 11 is 1.70. The summed E-state index contributed by atoms with van der Waals surface area (Å²) in [6.45, 7) is 4.96. The highest BCUT2D eigenvalue weighted by atomic mass is 127. The van der Waals surface area contributed by atoms with Crippen LogP contribution in [0.2, 0.25) is 0 Å². The Bertz CT molecular complexity index is 701. The number of benzene rings is 1. The van der Waals surface area contributed by atoms with Gasteiger partial charge in [0.15, 0.2) is 5.96 Å². The number of aryl methyl sites for hydroxylation is 1. The zero-order valence-corrected chi connectivity index (χ0v) is 18.3. The third-order valence-electron chi connectivity index (χ3n) is 4.11. The lowest BCUT2D eigenvalue weighted by Crippen LogP contribution is -2.36. The first-order valence-corrected chi connectivity index (χ1v) is 9.48. The minimum absolute atomic E-state index is 0. The Morgan fingerprint density at radius 1 is 1.31 bits per heavy atom. The molecule has 26 heavy (non-hydrogen) atoms. The Kier molecular flexibility index (Phi) is 8.67. The molecule has 1 aromatic heterocycles. The Morgan fingerprint density at radius 2 is 2.15 bits per heavy atom. The highest BCUT2D eigenvalue weighted by Gasteiger charge is 2.18. The molecular formula is C19H26IN3O2S. The van der Waals surface area contributed by atoms with Crippen LogP contribution in [0.4, 0.5) is 0 Å². The third kappa shape index (κ3) is 6.14. The van der Waals surface area contributed by atoms with Crippen molar-refractivity contribution >= 4 is 41.3 Å². The predicted molar refractivity (Wildman–Crippen MR) is 118 cm³/mol. The van der Waals surface area contributed by atoms with Crippen molar-refractivity contribution in [3.8, 4) is 5.75 Å². The van der Waals surface area contributed by atoms with Crippen LogP contribution in [0.1, 0.15) is 23.1 Å². The van der Waals surface area contributed by atoms with Gasteiger partial charge in [0.1, 0.15) is 11.9 Å². The van der Waals surface area contributed by atoms with Crippen LogP contribution in [0.15, 0.2) is 40.0 Å². The average molecular weight is 487 g/mol. The maximum atomic E-state index is 6.15. The van der Waals surface area contributed by atoms with E-state index in [1.807, 2.05) is 0 Å². The van der Waals surface area contributed by atoms with Crippen LogP contribution in [0.25, 0.3) is 0 Å². The molecule has 0 bridgehead atoms. The molecule has 1 aliphatic heterocycles.